The highest BCUT2D eigenvalue weighted by atomic mass is 35.5. The Bertz CT molecular complexity index is 409. The van der Waals surface area contributed by atoms with Gasteiger partial charge in [-0.2, -0.15) is 0 Å². The normalized spacial score (nSPS) is 14.1. The van der Waals surface area contributed by atoms with Crippen LogP contribution in [0.2, 0.25) is 5.02 Å². The van der Waals surface area contributed by atoms with E-state index in [1.54, 1.807) is 0 Å². The number of halogens is 1. The molecule has 0 saturated carbocycles. The van der Waals surface area contributed by atoms with Crippen molar-refractivity contribution < 1.29 is 9.90 Å². The molecule has 2 atom stereocenters. The van der Waals surface area contributed by atoms with E-state index in [9.17, 15) is 4.79 Å². The quantitative estimate of drug-likeness (QED) is 0.769. The van der Waals surface area contributed by atoms with E-state index in [2.05, 4.69) is 13.0 Å². The summed E-state index contributed by atoms with van der Waals surface area (Å²) in [5.41, 5.74) is 6.84. The van der Waals surface area contributed by atoms with E-state index in [0.717, 1.165) is 24.3 Å². The van der Waals surface area contributed by atoms with Crippen LogP contribution < -0.4 is 5.73 Å². The van der Waals surface area contributed by atoms with Crippen LogP contribution in [-0.2, 0) is 11.2 Å². The van der Waals surface area contributed by atoms with E-state index in [0.29, 0.717) is 12.5 Å². The number of benzene rings is 1. The van der Waals surface area contributed by atoms with Gasteiger partial charge in [0.1, 0.15) is 0 Å². The highest BCUT2D eigenvalue weighted by Gasteiger charge is 2.15. The summed E-state index contributed by atoms with van der Waals surface area (Å²) in [6, 6.07) is 7.86. The molecule has 0 spiro atoms. The summed E-state index contributed by atoms with van der Waals surface area (Å²) in [5.74, 6) is -0.226. The minimum Gasteiger partial charge on any atom is -0.481 e. The monoisotopic (exact) mass is 283 g/mol. The highest BCUT2D eigenvalue weighted by molar-refractivity contribution is 6.30. The molecule has 19 heavy (non-hydrogen) atoms. The second-order valence-electron chi connectivity index (χ2n) is 5.21. The Balaban J connectivity index is 2.38. The number of carboxylic acids is 1. The second-order valence-corrected chi connectivity index (χ2v) is 5.65. The summed E-state index contributed by atoms with van der Waals surface area (Å²) < 4.78 is 0. The van der Waals surface area contributed by atoms with Gasteiger partial charge in [0.25, 0.3) is 0 Å². The first-order valence-corrected chi connectivity index (χ1v) is 7.05. The Morgan fingerprint density at radius 2 is 2.21 bits per heavy atom. The van der Waals surface area contributed by atoms with Crippen molar-refractivity contribution in [3.05, 3.63) is 34.9 Å². The van der Waals surface area contributed by atoms with Gasteiger partial charge in [-0.15, -0.1) is 0 Å². The molecule has 0 aliphatic rings. The Morgan fingerprint density at radius 1 is 1.47 bits per heavy atom. The fraction of sp³-hybridized carbons (Fsp3) is 0.533. The van der Waals surface area contributed by atoms with Crippen LogP contribution in [0.5, 0.6) is 0 Å². The van der Waals surface area contributed by atoms with Gasteiger partial charge in [0.15, 0.2) is 0 Å². The van der Waals surface area contributed by atoms with Crippen molar-refractivity contribution in [2.24, 2.45) is 17.6 Å². The molecule has 1 rings (SSSR count). The van der Waals surface area contributed by atoms with Crippen molar-refractivity contribution >= 4 is 17.6 Å². The first-order chi connectivity index (χ1) is 9.01. The molecule has 0 amide bonds. The van der Waals surface area contributed by atoms with Crippen LogP contribution in [0.1, 0.15) is 31.7 Å². The Labute approximate surface area is 119 Å². The topological polar surface area (TPSA) is 63.3 Å². The molecular formula is C15H22ClNO2. The second kappa shape index (κ2) is 8.18. The third-order valence-corrected chi connectivity index (χ3v) is 3.58. The lowest BCUT2D eigenvalue weighted by Gasteiger charge is -2.18. The van der Waals surface area contributed by atoms with E-state index >= 15 is 0 Å². The van der Waals surface area contributed by atoms with E-state index in [4.69, 9.17) is 22.4 Å². The number of aliphatic carboxylic acids is 1. The lowest BCUT2D eigenvalue weighted by molar-refractivity contribution is -0.138. The fourth-order valence-electron chi connectivity index (χ4n) is 2.30. The molecule has 0 bridgehead atoms. The molecule has 3 N–H and O–H groups in total. The number of hydrogen-bond acceptors (Lipinski definition) is 2. The van der Waals surface area contributed by atoms with Crippen molar-refractivity contribution in [3.8, 4) is 0 Å². The van der Waals surface area contributed by atoms with E-state index in [-0.39, 0.29) is 12.3 Å². The van der Waals surface area contributed by atoms with Gasteiger partial charge < -0.3 is 10.8 Å². The highest BCUT2D eigenvalue weighted by Crippen LogP contribution is 2.20. The zero-order chi connectivity index (χ0) is 14.3. The number of carboxylic acid groups (broad SMARTS) is 1. The van der Waals surface area contributed by atoms with Gasteiger partial charge in [0.05, 0.1) is 0 Å². The Kier molecular flexibility index (Phi) is 6.89. The first kappa shape index (κ1) is 16.0. The van der Waals surface area contributed by atoms with Gasteiger partial charge in [0, 0.05) is 11.4 Å². The first-order valence-electron chi connectivity index (χ1n) is 6.67. The molecule has 1 aromatic rings. The smallest absolute Gasteiger partial charge is 0.303 e. The Morgan fingerprint density at radius 3 is 2.79 bits per heavy atom. The fourth-order valence-corrected chi connectivity index (χ4v) is 2.52. The average Bonchev–Trinajstić information content (AvgIpc) is 2.35. The number of hydrogen-bond donors (Lipinski definition) is 2. The third kappa shape index (κ3) is 6.60. The summed E-state index contributed by atoms with van der Waals surface area (Å²) in [6.45, 7) is 2.59. The standard InChI is InChI=1S/C15H22ClNO2/c1-11(7-13(10-17)9-15(18)19)5-6-12-3-2-4-14(16)8-12/h2-4,8,11,13H,5-7,9-10,17H2,1H3,(H,18,19). The molecule has 4 heteroatoms. The van der Waals surface area contributed by atoms with Gasteiger partial charge >= 0.3 is 5.97 Å². The molecule has 0 aliphatic carbocycles. The minimum absolute atomic E-state index is 0.0758. The molecule has 0 aromatic heterocycles. The van der Waals surface area contributed by atoms with Crippen molar-refractivity contribution in [1.82, 2.24) is 0 Å². The maximum atomic E-state index is 10.7. The zero-order valence-corrected chi connectivity index (χ0v) is 12.1. The SMILES string of the molecule is CC(CCc1cccc(Cl)c1)CC(CN)CC(=O)O. The summed E-state index contributed by atoms with van der Waals surface area (Å²) in [5, 5.41) is 9.56. The summed E-state index contributed by atoms with van der Waals surface area (Å²) in [6.07, 6.45) is 3.02. The number of carbonyl (C=O) groups is 1. The zero-order valence-electron chi connectivity index (χ0n) is 11.3. The van der Waals surface area contributed by atoms with Crippen molar-refractivity contribution in [1.29, 1.82) is 0 Å². The Hall–Kier alpha value is -1.06. The van der Waals surface area contributed by atoms with Crippen LogP contribution in [0.3, 0.4) is 0 Å². The molecule has 3 nitrogen and oxygen atoms in total. The van der Waals surface area contributed by atoms with Crippen LogP contribution in [0.15, 0.2) is 24.3 Å². The summed E-state index contributed by atoms with van der Waals surface area (Å²) in [4.78, 5) is 10.7. The van der Waals surface area contributed by atoms with Gasteiger partial charge in [-0.25, -0.2) is 0 Å². The van der Waals surface area contributed by atoms with Gasteiger partial charge in [-0.1, -0.05) is 30.7 Å². The lowest BCUT2D eigenvalue weighted by atomic mass is 9.89. The van der Waals surface area contributed by atoms with E-state index < -0.39 is 5.97 Å². The summed E-state index contributed by atoms with van der Waals surface area (Å²) >= 11 is 5.94. The molecule has 0 fully saturated rings. The van der Waals surface area contributed by atoms with Crippen molar-refractivity contribution in [2.45, 2.75) is 32.6 Å². The third-order valence-electron chi connectivity index (χ3n) is 3.35. The van der Waals surface area contributed by atoms with Gasteiger partial charge in [-0.05, 0) is 55.3 Å². The van der Waals surface area contributed by atoms with E-state index in [1.165, 1.54) is 5.56 Å². The molecule has 0 radical (unpaired) electrons. The predicted molar refractivity (Wildman–Crippen MR) is 78.4 cm³/mol. The molecular weight excluding hydrogens is 262 g/mol. The lowest BCUT2D eigenvalue weighted by Crippen LogP contribution is -2.20. The molecule has 106 valence electrons. The van der Waals surface area contributed by atoms with Gasteiger partial charge in [-0.3, -0.25) is 4.79 Å². The summed E-state index contributed by atoms with van der Waals surface area (Å²) in [7, 11) is 0. The number of nitrogens with two attached hydrogens (primary N) is 1. The number of rotatable bonds is 8. The van der Waals surface area contributed by atoms with Crippen molar-refractivity contribution in [2.75, 3.05) is 6.54 Å². The van der Waals surface area contributed by atoms with Crippen LogP contribution in [-0.4, -0.2) is 17.6 Å². The van der Waals surface area contributed by atoms with Crippen LogP contribution >= 0.6 is 11.6 Å². The molecule has 1 aromatic carbocycles. The van der Waals surface area contributed by atoms with Crippen molar-refractivity contribution in [3.63, 3.8) is 0 Å². The maximum absolute atomic E-state index is 10.7. The molecule has 0 aliphatic heterocycles. The molecule has 0 saturated heterocycles. The van der Waals surface area contributed by atoms with Crippen LogP contribution in [0.25, 0.3) is 0 Å². The average molecular weight is 284 g/mol. The van der Waals surface area contributed by atoms with Crippen LogP contribution in [0.4, 0.5) is 0 Å². The molecule has 2 unspecified atom stereocenters. The van der Waals surface area contributed by atoms with Gasteiger partial charge in [0.2, 0.25) is 0 Å². The largest absolute Gasteiger partial charge is 0.481 e. The predicted octanol–water partition coefficient (Wildman–Crippen LogP) is 3.35. The van der Waals surface area contributed by atoms with Crippen LogP contribution in [0, 0.1) is 11.8 Å². The maximum Gasteiger partial charge on any atom is 0.303 e. The molecule has 0 heterocycles. The number of aryl methyl sites for hydroxylation is 1. The minimum atomic E-state index is -0.766. The van der Waals surface area contributed by atoms with E-state index in [1.807, 2.05) is 18.2 Å².